The van der Waals surface area contributed by atoms with Crippen molar-refractivity contribution >= 4 is 5.69 Å². The predicted octanol–water partition coefficient (Wildman–Crippen LogP) is 2.82. The summed E-state index contributed by atoms with van der Waals surface area (Å²) in [6.07, 6.45) is 3.51. The molecule has 1 aliphatic heterocycles. The molecule has 0 saturated carbocycles. The number of rotatable bonds is 7. The molecule has 0 spiro atoms. The molecule has 7 heteroatoms. The number of hydrogen-bond acceptors (Lipinski definition) is 6. The second kappa shape index (κ2) is 9.97. The minimum atomic E-state index is -0.372. The SMILES string of the molecule is COCCn1c(C)cc(O)c([C@H](c2cccnc2)N2CCN(c3ccccc3)CC2)c1=O. The number of benzene rings is 1. The van der Waals surface area contributed by atoms with Crippen LogP contribution < -0.4 is 10.5 Å². The molecule has 0 unspecified atom stereocenters. The summed E-state index contributed by atoms with van der Waals surface area (Å²) in [5.41, 5.74) is 3.03. The zero-order valence-corrected chi connectivity index (χ0v) is 18.6. The number of aromatic hydroxyl groups is 1. The van der Waals surface area contributed by atoms with E-state index in [1.54, 1.807) is 30.1 Å². The third kappa shape index (κ3) is 4.54. The lowest BCUT2D eigenvalue weighted by Gasteiger charge is -2.40. The van der Waals surface area contributed by atoms with E-state index in [0.717, 1.165) is 31.7 Å². The third-order valence-electron chi connectivity index (χ3n) is 6.12. The standard InChI is InChI=1S/C25H30N4O3/c1-19-17-22(30)23(25(31)29(19)15-16-32-2)24(20-7-6-10-26-18-20)28-13-11-27(12-14-28)21-8-4-3-5-9-21/h3-10,17-18,24,30H,11-16H2,1-2H3/t24-/m0/s1. The first-order valence-electron chi connectivity index (χ1n) is 11.0. The van der Waals surface area contributed by atoms with E-state index in [1.807, 2.05) is 37.3 Å². The van der Waals surface area contributed by atoms with Crippen molar-refractivity contribution in [2.24, 2.45) is 0 Å². The van der Waals surface area contributed by atoms with Gasteiger partial charge in [-0.2, -0.15) is 0 Å². The largest absolute Gasteiger partial charge is 0.507 e. The summed E-state index contributed by atoms with van der Waals surface area (Å²) in [5.74, 6) is 0.0282. The molecular formula is C25H30N4O3. The van der Waals surface area contributed by atoms with Gasteiger partial charge >= 0.3 is 0 Å². The molecular weight excluding hydrogens is 404 g/mol. The Morgan fingerprint density at radius 1 is 1.09 bits per heavy atom. The molecule has 0 bridgehead atoms. The van der Waals surface area contributed by atoms with E-state index in [1.165, 1.54) is 5.69 Å². The summed E-state index contributed by atoms with van der Waals surface area (Å²) in [5, 5.41) is 10.9. The third-order valence-corrected chi connectivity index (χ3v) is 6.12. The van der Waals surface area contributed by atoms with Crippen molar-refractivity contribution in [3.8, 4) is 5.75 Å². The van der Waals surface area contributed by atoms with Gasteiger partial charge in [0.2, 0.25) is 0 Å². The first kappa shape index (κ1) is 22.0. The highest BCUT2D eigenvalue weighted by Crippen LogP contribution is 2.33. The number of anilines is 1. The van der Waals surface area contributed by atoms with Gasteiger partial charge in [-0.3, -0.25) is 14.7 Å². The van der Waals surface area contributed by atoms with Crippen molar-refractivity contribution in [1.82, 2.24) is 14.5 Å². The van der Waals surface area contributed by atoms with Crippen molar-refractivity contribution in [2.45, 2.75) is 19.5 Å². The van der Waals surface area contributed by atoms with Crippen molar-refractivity contribution in [1.29, 1.82) is 0 Å². The maximum absolute atomic E-state index is 13.5. The molecule has 1 saturated heterocycles. The molecule has 1 atom stereocenters. The fraction of sp³-hybridized carbons (Fsp3) is 0.360. The molecule has 0 aliphatic carbocycles. The van der Waals surface area contributed by atoms with Gasteiger partial charge in [-0.05, 0) is 36.8 Å². The second-order valence-electron chi connectivity index (χ2n) is 8.08. The Hall–Kier alpha value is -3.16. The highest BCUT2D eigenvalue weighted by molar-refractivity contribution is 5.47. The van der Waals surface area contributed by atoms with Crippen LogP contribution in [0.3, 0.4) is 0 Å². The monoisotopic (exact) mass is 434 g/mol. The minimum Gasteiger partial charge on any atom is -0.507 e. The normalized spacial score (nSPS) is 15.6. The molecule has 7 nitrogen and oxygen atoms in total. The molecule has 1 fully saturated rings. The van der Waals surface area contributed by atoms with Crippen LogP contribution in [0.4, 0.5) is 5.69 Å². The lowest BCUT2D eigenvalue weighted by molar-refractivity contribution is 0.183. The Labute approximate surface area is 188 Å². The Bertz CT molecular complexity index is 1080. The van der Waals surface area contributed by atoms with Gasteiger partial charge in [-0.25, -0.2) is 0 Å². The van der Waals surface area contributed by atoms with Crippen LogP contribution in [-0.4, -0.2) is 59.5 Å². The van der Waals surface area contributed by atoms with Gasteiger partial charge in [0.1, 0.15) is 5.75 Å². The maximum Gasteiger partial charge on any atom is 0.259 e. The van der Waals surface area contributed by atoms with Gasteiger partial charge in [-0.1, -0.05) is 24.3 Å². The van der Waals surface area contributed by atoms with Gasteiger partial charge in [0.25, 0.3) is 5.56 Å². The van der Waals surface area contributed by atoms with Crippen molar-refractivity contribution in [3.63, 3.8) is 0 Å². The van der Waals surface area contributed by atoms with Crippen LogP contribution in [0.25, 0.3) is 0 Å². The summed E-state index contributed by atoms with van der Waals surface area (Å²) >= 11 is 0. The molecule has 0 amide bonds. The van der Waals surface area contributed by atoms with Crippen molar-refractivity contribution < 1.29 is 9.84 Å². The summed E-state index contributed by atoms with van der Waals surface area (Å²) in [7, 11) is 1.62. The first-order chi connectivity index (χ1) is 15.6. The van der Waals surface area contributed by atoms with Crippen molar-refractivity contribution in [3.05, 3.63) is 88.1 Å². The van der Waals surface area contributed by atoms with Crippen LogP contribution in [0.1, 0.15) is 22.9 Å². The number of methoxy groups -OCH3 is 1. The average molecular weight is 435 g/mol. The zero-order valence-electron chi connectivity index (χ0n) is 18.6. The molecule has 168 valence electrons. The highest BCUT2D eigenvalue weighted by Gasteiger charge is 2.31. The molecule has 0 radical (unpaired) electrons. The number of nitrogens with zero attached hydrogens (tertiary/aromatic N) is 4. The second-order valence-corrected chi connectivity index (χ2v) is 8.08. The molecule has 32 heavy (non-hydrogen) atoms. The van der Waals surface area contributed by atoms with Gasteiger partial charge < -0.3 is 19.3 Å². The van der Waals surface area contributed by atoms with Gasteiger partial charge in [0.15, 0.2) is 0 Å². The molecule has 3 aromatic rings. The number of piperazine rings is 1. The minimum absolute atomic E-state index is 0.0282. The Morgan fingerprint density at radius 2 is 1.84 bits per heavy atom. The van der Waals surface area contributed by atoms with Gasteiger partial charge in [-0.15, -0.1) is 0 Å². The topological polar surface area (TPSA) is 70.8 Å². The molecule has 2 aromatic heterocycles. The zero-order chi connectivity index (χ0) is 22.5. The smallest absolute Gasteiger partial charge is 0.259 e. The number of ether oxygens (including phenoxy) is 1. The molecule has 1 aliphatic rings. The average Bonchev–Trinajstić information content (AvgIpc) is 2.83. The fourth-order valence-electron chi connectivity index (χ4n) is 4.46. The summed E-state index contributed by atoms with van der Waals surface area (Å²) < 4.78 is 6.88. The van der Waals surface area contributed by atoms with E-state index >= 15 is 0 Å². The van der Waals surface area contributed by atoms with Crippen LogP contribution in [0.15, 0.2) is 65.7 Å². The summed E-state index contributed by atoms with van der Waals surface area (Å²) in [6, 6.07) is 15.5. The highest BCUT2D eigenvalue weighted by atomic mass is 16.5. The first-order valence-corrected chi connectivity index (χ1v) is 11.0. The van der Waals surface area contributed by atoms with E-state index < -0.39 is 0 Å². The molecule has 1 N–H and O–H groups in total. The summed E-state index contributed by atoms with van der Waals surface area (Å²) in [6.45, 7) is 5.90. The van der Waals surface area contributed by atoms with Crippen LogP contribution in [0, 0.1) is 6.92 Å². The van der Waals surface area contributed by atoms with E-state index in [0.29, 0.717) is 24.4 Å². The van der Waals surface area contributed by atoms with E-state index in [4.69, 9.17) is 4.74 Å². The van der Waals surface area contributed by atoms with Gasteiger partial charge in [0.05, 0.1) is 18.2 Å². The van der Waals surface area contributed by atoms with Crippen molar-refractivity contribution in [2.75, 3.05) is 44.8 Å². The van der Waals surface area contributed by atoms with E-state index in [9.17, 15) is 9.90 Å². The van der Waals surface area contributed by atoms with Gasteiger partial charge in [0, 0.05) is 63.6 Å². The maximum atomic E-state index is 13.5. The number of aromatic nitrogens is 2. The van der Waals surface area contributed by atoms with Crippen LogP contribution in [0.5, 0.6) is 5.75 Å². The number of aryl methyl sites for hydroxylation is 1. The predicted molar refractivity (Wildman–Crippen MR) is 125 cm³/mol. The van der Waals surface area contributed by atoms with Crippen LogP contribution >= 0.6 is 0 Å². The lowest BCUT2D eigenvalue weighted by atomic mass is 9.97. The fourth-order valence-corrected chi connectivity index (χ4v) is 4.46. The van der Waals surface area contributed by atoms with Crippen LogP contribution in [0.2, 0.25) is 0 Å². The summed E-state index contributed by atoms with van der Waals surface area (Å²) in [4.78, 5) is 22.5. The van der Waals surface area contributed by atoms with Crippen LogP contribution in [-0.2, 0) is 11.3 Å². The Kier molecular flexibility index (Phi) is 6.87. The van der Waals surface area contributed by atoms with E-state index in [2.05, 4.69) is 26.9 Å². The number of pyridine rings is 2. The Balaban J connectivity index is 1.70. The number of para-hydroxylation sites is 1. The molecule has 3 heterocycles. The van der Waals surface area contributed by atoms with E-state index in [-0.39, 0.29) is 17.4 Å². The number of hydrogen-bond donors (Lipinski definition) is 1. The quantitative estimate of drug-likeness (QED) is 0.617. The lowest BCUT2D eigenvalue weighted by Crippen LogP contribution is -2.49. The Morgan fingerprint density at radius 3 is 2.50 bits per heavy atom. The molecule has 4 rings (SSSR count). The molecule has 1 aromatic carbocycles.